The molecule has 2 N–H and O–H groups in total. The number of aromatic nitrogens is 1. The molecule has 1 aliphatic heterocycles. The molecule has 3 rings (SSSR count). The minimum Gasteiger partial charge on any atom is -0.438 e. The highest BCUT2D eigenvalue weighted by Crippen LogP contribution is 2.26. The predicted octanol–water partition coefficient (Wildman–Crippen LogP) is 0.464. The van der Waals surface area contributed by atoms with Gasteiger partial charge in [0.1, 0.15) is 0 Å². The van der Waals surface area contributed by atoms with Crippen molar-refractivity contribution in [2.75, 3.05) is 20.2 Å². The summed E-state index contributed by atoms with van der Waals surface area (Å²) in [6, 6.07) is 5.84. The molecule has 2 aromatic rings. The molecule has 0 aliphatic carbocycles. The van der Waals surface area contributed by atoms with Gasteiger partial charge in [-0.3, -0.25) is 9.36 Å². The van der Waals surface area contributed by atoms with Crippen molar-refractivity contribution in [3.05, 3.63) is 40.8 Å². The first-order valence-corrected chi connectivity index (χ1v) is 9.37. The molecule has 1 aliphatic rings. The maximum atomic E-state index is 12.9. The van der Waals surface area contributed by atoms with Crippen LogP contribution in [-0.4, -0.2) is 49.7 Å². The lowest BCUT2D eigenvalue weighted by molar-refractivity contribution is 0.0477. The van der Waals surface area contributed by atoms with Crippen LogP contribution in [0.1, 0.15) is 6.42 Å². The second kappa shape index (κ2) is 7.06. The van der Waals surface area contributed by atoms with Crippen molar-refractivity contribution in [2.24, 2.45) is 5.73 Å². The molecular formula is C16H19N3O6S. The quantitative estimate of drug-likeness (QED) is 0.764. The fourth-order valence-corrected chi connectivity index (χ4v) is 4.63. The third-order valence-electron chi connectivity index (χ3n) is 4.27. The molecule has 1 atom stereocenters. The van der Waals surface area contributed by atoms with E-state index < -0.39 is 21.7 Å². The summed E-state index contributed by atoms with van der Waals surface area (Å²) in [5.41, 5.74) is 5.34. The van der Waals surface area contributed by atoms with Crippen molar-refractivity contribution in [2.45, 2.75) is 24.1 Å². The first-order chi connectivity index (χ1) is 12.3. The molecule has 140 valence electrons. The van der Waals surface area contributed by atoms with Crippen molar-refractivity contribution in [1.29, 1.82) is 0 Å². The zero-order valence-corrected chi connectivity index (χ0v) is 14.9. The van der Waals surface area contributed by atoms with Gasteiger partial charge in [-0.1, -0.05) is 6.07 Å². The fraction of sp³-hybridized carbons (Fsp3) is 0.375. The molecule has 1 aromatic carbocycles. The summed E-state index contributed by atoms with van der Waals surface area (Å²) in [4.78, 5) is 23.7. The highest BCUT2D eigenvalue weighted by atomic mass is 32.2. The van der Waals surface area contributed by atoms with Crippen molar-refractivity contribution in [3.8, 4) is 0 Å². The fourth-order valence-electron chi connectivity index (χ4n) is 2.91. The average Bonchev–Trinajstić information content (AvgIpc) is 3.07. The van der Waals surface area contributed by atoms with E-state index in [2.05, 4.69) is 4.74 Å². The van der Waals surface area contributed by atoms with Gasteiger partial charge in [-0.15, -0.1) is 0 Å². The molecule has 9 nitrogen and oxygen atoms in total. The van der Waals surface area contributed by atoms with Gasteiger partial charge in [0.25, 0.3) is 5.56 Å². The number of hydrogen-bond acceptors (Lipinski definition) is 7. The molecule has 1 fully saturated rings. The maximum Gasteiger partial charge on any atom is 0.509 e. The van der Waals surface area contributed by atoms with Crippen LogP contribution in [0.4, 0.5) is 4.79 Å². The van der Waals surface area contributed by atoms with Crippen molar-refractivity contribution < 1.29 is 22.7 Å². The molecule has 0 radical (unpaired) electrons. The lowest BCUT2D eigenvalue weighted by Gasteiger charge is -2.17. The Labute approximate surface area is 150 Å². The number of sulfonamides is 1. The summed E-state index contributed by atoms with van der Waals surface area (Å²) in [6.45, 7) is 0.270. The number of ether oxygens (including phenoxy) is 2. The maximum absolute atomic E-state index is 12.9. The first kappa shape index (κ1) is 18.4. The second-order valence-corrected chi connectivity index (χ2v) is 7.85. The van der Waals surface area contributed by atoms with E-state index >= 15 is 0 Å². The Morgan fingerprint density at radius 1 is 1.31 bits per heavy atom. The molecule has 10 heteroatoms. The van der Waals surface area contributed by atoms with Crippen LogP contribution >= 0.6 is 0 Å². The van der Waals surface area contributed by atoms with Gasteiger partial charge >= 0.3 is 6.16 Å². The molecular weight excluding hydrogens is 362 g/mol. The summed E-state index contributed by atoms with van der Waals surface area (Å²) < 4.78 is 37.4. The number of rotatable bonds is 4. The summed E-state index contributed by atoms with van der Waals surface area (Å²) in [5, 5.41) is 0.526. The third-order valence-corrected chi connectivity index (χ3v) is 6.20. The topological polar surface area (TPSA) is 121 Å². The van der Waals surface area contributed by atoms with Gasteiger partial charge in [0.15, 0.2) is 6.73 Å². The summed E-state index contributed by atoms with van der Waals surface area (Å²) in [6.07, 6.45) is 1.06. The number of pyridine rings is 1. The van der Waals surface area contributed by atoms with Gasteiger partial charge in [-0.25, -0.2) is 13.2 Å². The summed E-state index contributed by atoms with van der Waals surface area (Å²) >= 11 is 0. The number of methoxy groups -OCH3 is 1. The van der Waals surface area contributed by atoms with E-state index in [9.17, 15) is 18.0 Å². The van der Waals surface area contributed by atoms with E-state index in [4.69, 9.17) is 10.5 Å². The largest absolute Gasteiger partial charge is 0.509 e. The molecule has 0 saturated carbocycles. The highest BCUT2D eigenvalue weighted by Gasteiger charge is 2.32. The summed E-state index contributed by atoms with van der Waals surface area (Å²) in [7, 11) is -2.60. The number of nitrogens with zero attached hydrogens (tertiary/aromatic N) is 2. The molecule has 26 heavy (non-hydrogen) atoms. The SMILES string of the molecule is COC(=O)OCn1ccc2c(S(=O)(=O)N3CC[C@H](N)C3)cccc2c1=O. The Kier molecular flexibility index (Phi) is 4.99. The minimum atomic E-state index is -3.76. The van der Waals surface area contributed by atoms with Gasteiger partial charge in [-0.05, 0) is 24.6 Å². The van der Waals surface area contributed by atoms with Crippen LogP contribution in [-0.2, 0) is 26.2 Å². The molecule has 0 bridgehead atoms. The molecule has 0 spiro atoms. The molecule has 0 amide bonds. The Bertz CT molecular complexity index is 1000. The van der Waals surface area contributed by atoms with Crippen molar-refractivity contribution in [1.82, 2.24) is 8.87 Å². The van der Waals surface area contributed by atoms with Crippen molar-refractivity contribution >= 4 is 27.0 Å². The van der Waals surface area contributed by atoms with Crippen LogP contribution in [0.3, 0.4) is 0 Å². The highest BCUT2D eigenvalue weighted by molar-refractivity contribution is 7.89. The number of carbonyl (C=O) groups excluding carboxylic acids is 1. The van der Waals surface area contributed by atoms with Gasteiger partial charge < -0.3 is 15.2 Å². The van der Waals surface area contributed by atoms with Crippen molar-refractivity contribution in [3.63, 3.8) is 0 Å². The predicted molar refractivity (Wildman–Crippen MR) is 93.0 cm³/mol. The lowest BCUT2D eigenvalue weighted by atomic mass is 10.2. The van der Waals surface area contributed by atoms with E-state index in [1.54, 1.807) is 0 Å². The van der Waals surface area contributed by atoms with Crippen LogP contribution in [0.25, 0.3) is 10.8 Å². The van der Waals surface area contributed by atoms with E-state index in [0.29, 0.717) is 18.4 Å². The minimum absolute atomic E-state index is 0.0576. The Balaban J connectivity index is 2.03. The normalized spacial score (nSPS) is 18.2. The van der Waals surface area contributed by atoms with Gasteiger partial charge in [-0.2, -0.15) is 4.31 Å². The second-order valence-electron chi connectivity index (χ2n) is 5.95. The monoisotopic (exact) mass is 381 g/mol. The zero-order chi connectivity index (χ0) is 18.9. The number of benzene rings is 1. The van der Waals surface area contributed by atoms with Crippen LogP contribution in [0.5, 0.6) is 0 Å². The zero-order valence-electron chi connectivity index (χ0n) is 14.1. The average molecular weight is 381 g/mol. The van der Waals surface area contributed by atoms with E-state index in [-0.39, 0.29) is 29.6 Å². The van der Waals surface area contributed by atoms with Crippen LogP contribution < -0.4 is 11.3 Å². The van der Waals surface area contributed by atoms with Gasteiger partial charge in [0, 0.05) is 36.1 Å². The standard InChI is InChI=1S/C16H19N3O6S/c1-24-16(21)25-10-18-7-6-12-13(15(18)20)3-2-4-14(12)26(22,23)19-8-5-11(17)9-19/h2-4,6-7,11H,5,8-10,17H2,1H3/t11-/m0/s1. The number of carbonyl (C=O) groups is 1. The Morgan fingerprint density at radius 2 is 2.08 bits per heavy atom. The molecule has 0 unspecified atom stereocenters. The number of hydrogen-bond donors (Lipinski definition) is 1. The van der Waals surface area contributed by atoms with E-state index in [0.717, 1.165) is 11.7 Å². The van der Waals surface area contributed by atoms with Gasteiger partial charge in [0.2, 0.25) is 10.0 Å². The smallest absolute Gasteiger partial charge is 0.438 e. The van der Waals surface area contributed by atoms with Crippen LogP contribution in [0, 0.1) is 0 Å². The summed E-state index contributed by atoms with van der Waals surface area (Å²) in [5.74, 6) is 0. The number of nitrogens with two attached hydrogens (primary N) is 1. The van der Waals surface area contributed by atoms with Gasteiger partial charge in [0.05, 0.1) is 12.0 Å². The third kappa shape index (κ3) is 3.30. The Morgan fingerprint density at radius 3 is 2.73 bits per heavy atom. The Hall–Kier alpha value is -2.43. The van der Waals surface area contributed by atoms with E-state index in [1.807, 2.05) is 0 Å². The molecule has 1 aromatic heterocycles. The molecule has 1 saturated heterocycles. The van der Waals surface area contributed by atoms with Crippen LogP contribution in [0.2, 0.25) is 0 Å². The lowest BCUT2D eigenvalue weighted by Crippen LogP contribution is -2.32. The van der Waals surface area contributed by atoms with Crippen LogP contribution in [0.15, 0.2) is 40.2 Å². The molecule has 2 heterocycles. The van der Waals surface area contributed by atoms with E-state index in [1.165, 1.54) is 34.8 Å². The first-order valence-electron chi connectivity index (χ1n) is 7.93. The number of fused-ring (bicyclic) bond motifs is 1.